The van der Waals surface area contributed by atoms with Gasteiger partial charge in [-0.1, -0.05) is 6.92 Å². The third kappa shape index (κ3) is 3.07. The van der Waals surface area contributed by atoms with Crippen LogP contribution in [0.15, 0.2) is 18.2 Å². The van der Waals surface area contributed by atoms with E-state index in [0.717, 1.165) is 12.5 Å². The molecule has 1 aliphatic heterocycles. The van der Waals surface area contributed by atoms with Crippen molar-refractivity contribution in [1.82, 2.24) is 10.6 Å². The monoisotopic (exact) mass is 283 g/mol. The molecule has 1 amide bonds. The van der Waals surface area contributed by atoms with Gasteiger partial charge < -0.3 is 10.2 Å². The van der Waals surface area contributed by atoms with Crippen LogP contribution in [0.2, 0.25) is 0 Å². The van der Waals surface area contributed by atoms with E-state index in [1.165, 1.54) is 19.1 Å². The van der Waals surface area contributed by atoms with Crippen LogP contribution in [-0.4, -0.2) is 31.2 Å². The summed E-state index contributed by atoms with van der Waals surface area (Å²) in [5, 5.41) is 6.04. The van der Waals surface area contributed by atoms with E-state index in [-0.39, 0.29) is 18.1 Å². The van der Waals surface area contributed by atoms with Gasteiger partial charge in [0.1, 0.15) is 17.8 Å². The molecule has 2 N–H and O–H groups in total. The van der Waals surface area contributed by atoms with Crippen LogP contribution < -0.4 is 15.5 Å². The predicted octanol–water partition coefficient (Wildman–Crippen LogP) is 1.62. The summed E-state index contributed by atoms with van der Waals surface area (Å²) in [6, 6.07) is 3.51. The first kappa shape index (κ1) is 14.7. The molecule has 20 heavy (non-hydrogen) atoms. The van der Waals surface area contributed by atoms with E-state index in [4.69, 9.17) is 0 Å². The first-order valence-corrected chi connectivity index (χ1v) is 6.75. The van der Waals surface area contributed by atoms with E-state index in [0.29, 0.717) is 18.8 Å². The van der Waals surface area contributed by atoms with Crippen LogP contribution in [0.5, 0.6) is 0 Å². The number of carbonyl (C=O) groups excluding carboxylic acids is 1. The van der Waals surface area contributed by atoms with Gasteiger partial charge in [-0.2, -0.15) is 0 Å². The van der Waals surface area contributed by atoms with Crippen molar-refractivity contribution in [3.63, 3.8) is 0 Å². The fourth-order valence-electron chi connectivity index (χ4n) is 2.66. The molecule has 0 bridgehead atoms. The molecule has 1 aromatic rings. The molecule has 2 atom stereocenters. The number of anilines is 1. The van der Waals surface area contributed by atoms with Crippen molar-refractivity contribution in [2.45, 2.75) is 32.5 Å². The zero-order chi connectivity index (χ0) is 14.7. The zero-order valence-corrected chi connectivity index (χ0v) is 11.6. The Morgan fingerprint density at radius 2 is 2.25 bits per heavy atom. The number of carbonyl (C=O) groups is 1. The third-order valence-electron chi connectivity index (χ3n) is 3.50. The van der Waals surface area contributed by atoms with Gasteiger partial charge in [-0.15, -0.1) is 0 Å². The van der Waals surface area contributed by atoms with E-state index in [1.54, 1.807) is 0 Å². The summed E-state index contributed by atoms with van der Waals surface area (Å²) in [5.74, 6) is -1.30. The molecule has 1 aromatic carbocycles. The van der Waals surface area contributed by atoms with Crippen LogP contribution in [0, 0.1) is 11.6 Å². The maximum absolute atomic E-state index is 13.9. The molecule has 0 aliphatic carbocycles. The first-order chi connectivity index (χ1) is 9.52. The van der Waals surface area contributed by atoms with Crippen molar-refractivity contribution in [3.8, 4) is 0 Å². The second-order valence-corrected chi connectivity index (χ2v) is 4.90. The first-order valence-electron chi connectivity index (χ1n) is 6.75. The summed E-state index contributed by atoms with van der Waals surface area (Å²) in [6.07, 6.45) is 0.491. The van der Waals surface area contributed by atoms with Gasteiger partial charge in [0.25, 0.3) is 0 Å². The SMILES string of the molecule is CCC1C(NC(C)=O)NCCN1c1ccc(F)cc1F. The quantitative estimate of drug-likeness (QED) is 0.886. The average molecular weight is 283 g/mol. The normalized spacial score (nSPS) is 22.7. The minimum absolute atomic E-state index is 0.0763. The second kappa shape index (κ2) is 6.17. The number of benzene rings is 1. The number of nitrogens with zero attached hydrogens (tertiary/aromatic N) is 1. The van der Waals surface area contributed by atoms with Crippen molar-refractivity contribution >= 4 is 11.6 Å². The molecule has 110 valence electrons. The molecular weight excluding hydrogens is 264 g/mol. The summed E-state index contributed by atoms with van der Waals surface area (Å²) in [4.78, 5) is 13.1. The Labute approximate surface area is 117 Å². The Kier molecular flexibility index (Phi) is 4.54. The van der Waals surface area contributed by atoms with Crippen LogP contribution >= 0.6 is 0 Å². The molecule has 2 unspecified atom stereocenters. The maximum Gasteiger partial charge on any atom is 0.218 e. The molecular formula is C14H19F2N3O. The summed E-state index contributed by atoms with van der Waals surface area (Å²) in [5.41, 5.74) is 0.370. The molecule has 0 radical (unpaired) electrons. The lowest BCUT2D eigenvalue weighted by Gasteiger charge is -2.43. The molecule has 1 aliphatic rings. The van der Waals surface area contributed by atoms with Crippen LogP contribution in [0.1, 0.15) is 20.3 Å². The van der Waals surface area contributed by atoms with Crippen LogP contribution in [0.4, 0.5) is 14.5 Å². The summed E-state index contributed by atoms with van der Waals surface area (Å²) in [6.45, 7) is 4.65. The number of halogens is 2. The highest BCUT2D eigenvalue weighted by molar-refractivity contribution is 5.73. The highest BCUT2D eigenvalue weighted by Crippen LogP contribution is 2.25. The van der Waals surface area contributed by atoms with E-state index < -0.39 is 11.6 Å². The number of hydrogen-bond acceptors (Lipinski definition) is 3. The van der Waals surface area contributed by atoms with Gasteiger partial charge in [0.15, 0.2) is 0 Å². The van der Waals surface area contributed by atoms with Gasteiger partial charge in [-0.3, -0.25) is 10.1 Å². The zero-order valence-electron chi connectivity index (χ0n) is 11.6. The molecule has 2 rings (SSSR count). The Morgan fingerprint density at radius 3 is 2.85 bits per heavy atom. The lowest BCUT2D eigenvalue weighted by Crippen LogP contribution is -2.64. The lowest BCUT2D eigenvalue weighted by molar-refractivity contribution is -0.120. The van der Waals surface area contributed by atoms with Gasteiger partial charge in [0, 0.05) is 26.1 Å². The van der Waals surface area contributed by atoms with Gasteiger partial charge >= 0.3 is 0 Å². The second-order valence-electron chi connectivity index (χ2n) is 4.90. The molecule has 0 saturated carbocycles. The van der Waals surface area contributed by atoms with Crippen LogP contribution in [0.25, 0.3) is 0 Å². The van der Waals surface area contributed by atoms with Crippen molar-refractivity contribution in [2.75, 3.05) is 18.0 Å². The summed E-state index contributed by atoms with van der Waals surface area (Å²) in [7, 11) is 0. The molecule has 0 aromatic heterocycles. The maximum atomic E-state index is 13.9. The summed E-state index contributed by atoms with van der Waals surface area (Å²) < 4.78 is 27.0. The minimum atomic E-state index is -0.590. The topological polar surface area (TPSA) is 44.4 Å². The third-order valence-corrected chi connectivity index (χ3v) is 3.50. The largest absolute Gasteiger partial charge is 0.361 e. The van der Waals surface area contributed by atoms with Gasteiger partial charge in [0.05, 0.1) is 11.7 Å². The molecule has 1 fully saturated rings. The smallest absolute Gasteiger partial charge is 0.218 e. The average Bonchev–Trinajstić information content (AvgIpc) is 2.38. The van der Waals surface area contributed by atoms with Crippen molar-refractivity contribution < 1.29 is 13.6 Å². The standard InChI is InChI=1S/C14H19F2N3O/c1-3-12-14(18-9(2)20)17-6-7-19(12)13-5-4-10(15)8-11(13)16/h4-5,8,12,14,17H,3,6-7H2,1-2H3,(H,18,20). The van der Waals surface area contributed by atoms with E-state index in [2.05, 4.69) is 10.6 Å². The Balaban J connectivity index is 2.26. The highest BCUT2D eigenvalue weighted by atomic mass is 19.1. The number of nitrogens with one attached hydrogen (secondary N) is 2. The molecule has 0 spiro atoms. The van der Waals surface area contributed by atoms with Crippen LogP contribution in [0.3, 0.4) is 0 Å². The van der Waals surface area contributed by atoms with Crippen LogP contribution in [-0.2, 0) is 4.79 Å². The number of amides is 1. The van der Waals surface area contributed by atoms with E-state index >= 15 is 0 Å². The molecule has 1 saturated heterocycles. The Bertz CT molecular complexity index is 495. The van der Waals surface area contributed by atoms with Gasteiger partial charge in [-0.25, -0.2) is 8.78 Å². The highest BCUT2D eigenvalue weighted by Gasteiger charge is 2.31. The minimum Gasteiger partial charge on any atom is -0.361 e. The van der Waals surface area contributed by atoms with Crippen molar-refractivity contribution in [3.05, 3.63) is 29.8 Å². The number of piperazine rings is 1. The molecule has 4 nitrogen and oxygen atoms in total. The Morgan fingerprint density at radius 1 is 1.50 bits per heavy atom. The number of rotatable bonds is 3. The Hall–Kier alpha value is -1.69. The van der Waals surface area contributed by atoms with Gasteiger partial charge in [0.2, 0.25) is 5.91 Å². The summed E-state index contributed by atoms with van der Waals surface area (Å²) >= 11 is 0. The fourth-order valence-corrected chi connectivity index (χ4v) is 2.66. The predicted molar refractivity (Wildman–Crippen MR) is 73.4 cm³/mol. The van der Waals surface area contributed by atoms with E-state index in [1.807, 2.05) is 11.8 Å². The molecule has 6 heteroatoms. The fraction of sp³-hybridized carbons (Fsp3) is 0.500. The molecule has 1 heterocycles. The van der Waals surface area contributed by atoms with Crippen molar-refractivity contribution in [1.29, 1.82) is 0 Å². The number of hydrogen-bond donors (Lipinski definition) is 2. The van der Waals surface area contributed by atoms with Crippen molar-refractivity contribution in [2.24, 2.45) is 0 Å². The van der Waals surface area contributed by atoms with E-state index in [9.17, 15) is 13.6 Å². The van der Waals surface area contributed by atoms with Gasteiger partial charge in [-0.05, 0) is 18.6 Å². The lowest BCUT2D eigenvalue weighted by atomic mass is 10.1.